The average molecular weight is 438 g/mol. The van der Waals surface area contributed by atoms with Crippen molar-refractivity contribution in [3.63, 3.8) is 0 Å². The van der Waals surface area contributed by atoms with Crippen molar-refractivity contribution in [2.45, 2.75) is 12.3 Å². The molecule has 3 heterocycles. The third-order valence-electron chi connectivity index (χ3n) is 5.10. The minimum absolute atomic E-state index is 0.0734. The summed E-state index contributed by atoms with van der Waals surface area (Å²) in [6.45, 7) is 0. The summed E-state index contributed by atoms with van der Waals surface area (Å²) >= 11 is 12.5. The Bertz CT molecular complexity index is 1240. The molecule has 30 heavy (non-hydrogen) atoms. The molecule has 0 radical (unpaired) electrons. The van der Waals surface area contributed by atoms with Gasteiger partial charge in [-0.3, -0.25) is 14.6 Å². The fourth-order valence-electron chi connectivity index (χ4n) is 3.77. The van der Waals surface area contributed by atoms with Gasteiger partial charge in [-0.2, -0.15) is 0 Å². The molecule has 0 amide bonds. The molecule has 148 valence electrons. The van der Waals surface area contributed by atoms with Crippen molar-refractivity contribution in [3.05, 3.63) is 92.9 Å². The number of rotatable bonds is 2. The van der Waals surface area contributed by atoms with Gasteiger partial charge < -0.3 is 9.47 Å². The summed E-state index contributed by atoms with van der Waals surface area (Å²) < 4.78 is 11.4. The molecule has 0 bridgehead atoms. The summed E-state index contributed by atoms with van der Waals surface area (Å²) in [5, 5.41) is 0.926. The second-order valence-electron chi connectivity index (χ2n) is 6.98. The van der Waals surface area contributed by atoms with Gasteiger partial charge in [-0.25, -0.2) is 0 Å². The van der Waals surface area contributed by atoms with E-state index in [4.69, 9.17) is 32.7 Å². The number of fused-ring (bicyclic) bond motifs is 3. The molecule has 0 saturated carbocycles. The van der Waals surface area contributed by atoms with Crippen molar-refractivity contribution in [1.82, 2.24) is 4.98 Å². The van der Waals surface area contributed by atoms with E-state index in [1.54, 1.807) is 54.9 Å². The lowest BCUT2D eigenvalue weighted by atomic mass is 9.84. The Morgan fingerprint density at radius 3 is 2.70 bits per heavy atom. The van der Waals surface area contributed by atoms with Crippen LogP contribution >= 0.6 is 23.2 Å². The molecule has 1 atom stereocenters. The Balaban J connectivity index is 1.64. The second kappa shape index (κ2) is 7.27. The van der Waals surface area contributed by atoms with Crippen LogP contribution in [0.15, 0.2) is 60.6 Å². The van der Waals surface area contributed by atoms with Gasteiger partial charge >= 0.3 is 5.97 Å². The Hall–Kier alpha value is -3.15. The lowest BCUT2D eigenvalue weighted by molar-refractivity contribution is -0.135. The monoisotopic (exact) mass is 437 g/mol. The quantitative estimate of drug-likeness (QED) is 0.303. The van der Waals surface area contributed by atoms with E-state index in [1.165, 1.54) is 0 Å². The number of benzene rings is 2. The van der Waals surface area contributed by atoms with Crippen LogP contribution in [0.5, 0.6) is 11.5 Å². The summed E-state index contributed by atoms with van der Waals surface area (Å²) in [5.41, 5.74) is 2.50. The molecule has 0 spiro atoms. The zero-order valence-electron chi connectivity index (χ0n) is 15.4. The van der Waals surface area contributed by atoms with Gasteiger partial charge in [-0.15, -0.1) is 0 Å². The van der Waals surface area contributed by atoms with E-state index in [1.807, 2.05) is 6.07 Å². The molecular formula is C23H13Cl2NO4. The number of carbonyl (C=O) groups excluding carboxylic acids is 2. The third kappa shape index (κ3) is 3.16. The van der Waals surface area contributed by atoms with Gasteiger partial charge in [-0.05, 0) is 47.5 Å². The van der Waals surface area contributed by atoms with Gasteiger partial charge in [0.2, 0.25) is 5.78 Å². The Morgan fingerprint density at radius 1 is 1.07 bits per heavy atom. The highest BCUT2D eigenvalue weighted by Crippen LogP contribution is 2.50. The highest BCUT2D eigenvalue weighted by atomic mass is 35.5. The molecule has 2 aliphatic heterocycles. The maximum absolute atomic E-state index is 12.9. The number of pyridine rings is 1. The topological polar surface area (TPSA) is 65.5 Å². The fraction of sp³-hybridized carbons (Fsp3) is 0.0870. The normalized spacial score (nSPS) is 18.6. The number of halogens is 2. The van der Waals surface area contributed by atoms with Crippen molar-refractivity contribution in [1.29, 1.82) is 0 Å². The van der Waals surface area contributed by atoms with Gasteiger partial charge in [-0.1, -0.05) is 35.3 Å². The van der Waals surface area contributed by atoms with E-state index >= 15 is 0 Å². The first kappa shape index (κ1) is 18.9. The minimum atomic E-state index is -0.425. The maximum atomic E-state index is 12.9. The Labute approximate surface area is 181 Å². The van der Waals surface area contributed by atoms with Crippen molar-refractivity contribution >= 4 is 41.0 Å². The predicted molar refractivity (Wildman–Crippen MR) is 112 cm³/mol. The molecule has 0 fully saturated rings. The van der Waals surface area contributed by atoms with E-state index in [9.17, 15) is 9.59 Å². The smallest absolute Gasteiger partial charge is 0.312 e. The second-order valence-corrected chi connectivity index (χ2v) is 7.82. The van der Waals surface area contributed by atoms with Crippen molar-refractivity contribution in [2.24, 2.45) is 0 Å². The lowest BCUT2D eigenvalue weighted by Gasteiger charge is -2.27. The minimum Gasteiger partial charge on any atom is -0.452 e. The van der Waals surface area contributed by atoms with E-state index in [2.05, 4.69) is 4.98 Å². The number of carbonyl (C=O) groups is 2. The summed E-state index contributed by atoms with van der Waals surface area (Å²) in [5.74, 6) is -0.119. The van der Waals surface area contributed by atoms with E-state index in [0.29, 0.717) is 38.2 Å². The number of Topliss-reactive ketones (excluding diaryl/α,β-unsaturated/α-hetero) is 1. The number of allylic oxidation sites excluding steroid dienone is 1. The van der Waals surface area contributed by atoms with Crippen molar-refractivity contribution < 1.29 is 19.1 Å². The zero-order chi connectivity index (χ0) is 20.8. The van der Waals surface area contributed by atoms with Crippen LogP contribution in [0.1, 0.15) is 39.4 Å². The van der Waals surface area contributed by atoms with Gasteiger partial charge in [0.05, 0.1) is 12.0 Å². The summed E-state index contributed by atoms with van der Waals surface area (Å²) in [7, 11) is 0. The molecule has 0 aliphatic carbocycles. The zero-order valence-corrected chi connectivity index (χ0v) is 16.9. The Morgan fingerprint density at radius 2 is 1.93 bits per heavy atom. The molecule has 1 unspecified atom stereocenters. The fourth-order valence-corrected chi connectivity index (χ4v) is 4.31. The van der Waals surface area contributed by atoms with E-state index in [-0.39, 0.29) is 23.9 Å². The van der Waals surface area contributed by atoms with Gasteiger partial charge in [0.25, 0.3) is 0 Å². The summed E-state index contributed by atoms with van der Waals surface area (Å²) in [4.78, 5) is 29.2. The van der Waals surface area contributed by atoms with Crippen LogP contribution in [0.2, 0.25) is 10.0 Å². The maximum Gasteiger partial charge on any atom is 0.312 e. The largest absolute Gasteiger partial charge is 0.452 e. The number of ether oxygens (including phenoxy) is 2. The van der Waals surface area contributed by atoms with Crippen molar-refractivity contribution in [3.8, 4) is 11.5 Å². The van der Waals surface area contributed by atoms with Gasteiger partial charge in [0, 0.05) is 33.9 Å². The molecule has 5 rings (SSSR count). The molecule has 7 heteroatoms. The number of aromatic nitrogens is 1. The first-order valence-corrected chi connectivity index (χ1v) is 9.93. The van der Waals surface area contributed by atoms with Crippen LogP contribution in [0.25, 0.3) is 6.08 Å². The third-order valence-corrected chi connectivity index (χ3v) is 5.66. The van der Waals surface area contributed by atoms with Crippen LogP contribution in [-0.2, 0) is 4.79 Å². The SMILES string of the molecule is O=C1CC(c2ccc(Cl)cc2Cl)c2c(ccc3c2OC(=Cc2cccnc2)C3=O)O1. The molecule has 5 nitrogen and oxygen atoms in total. The van der Waals surface area contributed by atoms with Gasteiger partial charge in [0.1, 0.15) is 11.5 Å². The average Bonchev–Trinajstić information content (AvgIpc) is 3.03. The number of nitrogens with zero attached hydrogens (tertiary/aromatic N) is 1. The first-order chi connectivity index (χ1) is 14.5. The van der Waals surface area contributed by atoms with Crippen LogP contribution in [0.3, 0.4) is 0 Å². The summed E-state index contributed by atoms with van der Waals surface area (Å²) in [6, 6.07) is 12.0. The van der Waals surface area contributed by atoms with Crippen LogP contribution in [0, 0.1) is 0 Å². The predicted octanol–water partition coefficient (Wildman–Crippen LogP) is 5.45. The molecule has 1 aromatic heterocycles. The molecule has 0 saturated heterocycles. The number of hydrogen-bond acceptors (Lipinski definition) is 5. The molecular weight excluding hydrogens is 425 g/mol. The molecule has 2 aliphatic rings. The van der Waals surface area contributed by atoms with E-state index < -0.39 is 5.92 Å². The van der Waals surface area contributed by atoms with Gasteiger partial charge in [0.15, 0.2) is 5.76 Å². The highest BCUT2D eigenvalue weighted by molar-refractivity contribution is 6.35. The van der Waals surface area contributed by atoms with Crippen LogP contribution in [0.4, 0.5) is 0 Å². The van der Waals surface area contributed by atoms with Crippen LogP contribution < -0.4 is 9.47 Å². The lowest BCUT2D eigenvalue weighted by Crippen LogP contribution is -2.21. The van der Waals surface area contributed by atoms with E-state index in [0.717, 1.165) is 5.56 Å². The number of ketones is 1. The molecule has 3 aromatic rings. The highest BCUT2D eigenvalue weighted by Gasteiger charge is 2.39. The standard InChI is InChI=1S/C23H13Cl2NO4/c24-13-3-4-14(17(25)9-13)16-10-20(27)29-18-6-5-15-22(28)19(30-23(15)21(16)18)8-12-2-1-7-26-11-12/h1-9,11,16H,10H2. The first-order valence-electron chi connectivity index (χ1n) is 9.18. The molecule has 0 N–H and O–H groups in total. The summed E-state index contributed by atoms with van der Waals surface area (Å²) in [6.07, 6.45) is 5.00. The number of hydrogen-bond donors (Lipinski definition) is 0. The van der Waals surface area contributed by atoms with Crippen LogP contribution in [-0.4, -0.2) is 16.7 Å². The van der Waals surface area contributed by atoms with Crippen molar-refractivity contribution in [2.75, 3.05) is 0 Å². The molecule has 2 aromatic carbocycles. The Kier molecular flexibility index (Phi) is 4.57. The number of esters is 1.